The number of benzene rings is 2. The van der Waals surface area contributed by atoms with E-state index < -0.39 is 15.7 Å². The zero-order chi connectivity index (χ0) is 18.1. The summed E-state index contributed by atoms with van der Waals surface area (Å²) in [7, 11) is -3.79. The van der Waals surface area contributed by atoms with Crippen LogP contribution in [0.1, 0.15) is 18.4 Å². The molecule has 136 valence electrons. The molecule has 3 aromatic rings. The fourth-order valence-electron chi connectivity index (χ4n) is 3.69. The van der Waals surface area contributed by atoms with Crippen LogP contribution >= 0.6 is 0 Å². The highest BCUT2D eigenvalue weighted by atomic mass is 32.2. The molecule has 2 heterocycles. The smallest absolute Gasteiger partial charge is 0.208 e. The molecule has 1 saturated heterocycles. The van der Waals surface area contributed by atoms with Crippen LogP contribution in [-0.2, 0) is 16.3 Å². The molecule has 26 heavy (non-hydrogen) atoms. The minimum Gasteiger partial charge on any atom is -0.360 e. The number of nitrogens with one attached hydrogen (secondary N) is 1. The highest BCUT2D eigenvalue weighted by molar-refractivity contribution is 7.91. The van der Waals surface area contributed by atoms with E-state index in [1.807, 2.05) is 18.2 Å². The van der Waals surface area contributed by atoms with E-state index in [-0.39, 0.29) is 9.79 Å². The molecule has 0 radical (unpaired) electrons. The van der Waals surface area contributed by atoms with Gasteiger partial charge >= 0.3 is 0 Å². The molecule has 0 amide bonds. The van der Waals surface area contributed by atoms with Crippen LogP contribution in [0.15, 0.2) is 58.5 Å². The summed E-state index contributed by atoms with van der Waals surface area (Å²) in [6, 6.07) is 11.0. The molecule has 4 rings (SSSR count). The second kappa shape index (κ2) is 6.85. The molecular formula is C20H21FN2O2S. The van der Waals surface area contributed by atoms with Crippen LogP contribution in [0.4, 0.5) is 4.39 Å². The fourth-order valence-corrected chi connectivity index (χ4v) is 5.20. The summed E-state index contributed by atoms with van der Waals surface area (Å²) in [6.45, 7) is 3.14. The van der Waals surface area contributed by atoms with Gasteiger partial charge in [0.25, 0.3) is 0 Å². The number of halogens is 1. The van der Waals surface area contributed by atoms with E-state index in [9.17, 15) is 12.8 Å². The van der Waals surface area contributed by atoms with E-state index in [1.165, 1.54) is 37.2 Å². The maximum absolute atomic E-state index is 13.5. The molecule has 0 bridgehead atoms. The van der Waals surface area contributed by atoms with Gasteiger partial charge in [-0.05, 0) is 62.2 Å². The predicted octanol–water partition coefficient (Wildman–Crippen LogP) is 3.78. The average molecular weight is 372 g/mol. The van der Waals surface area contributed by atoms with E-state index in [4.69, 9.17) is 0 Å². The van der Waals surface area contributed by atoms with Crippen molar-refractivity contribution in [2.75, 3.05) is 19.6 Å². The molecule has 1 aromatic heterocycles. The average Bonchev–Trinajstić information content (AvgIpc) is 3.30. The number of sulfone groups is 1. The number of hydrogen-bond acceptors (Lipinski definition) is 3. The van der Waals surface area contributed by atoms with Crippen LogP contribution in [0.25, 0.3) is 10.9 Å². The van der Waals surface area contributed by atoms with Gasteiger partial charge < -0.3 is 9.88 Å². The number of fused-ring (bicyclic) bond motifs is 1. The monoisotopic (exact) mass is 372 g/mol. The van der Waals surface area contributed by atoms with Gasteiger partial charge in [0.15, 0.2) is 0 Å². The van der Waals surface area contributed by atoms with Gasteiger partial charge in [-0.15, -0.1) is 0 Å². The second-order valence-electron chi connectivity index (χ2n) is 6.75. The number of aromatic amines is 1. The van der Waals surface area contributed by atoms with Crippen molar-refractivity contribution >= 4 is 20.7 Å². The number of H-pyrrole nitrogens is 1. The van der Waals surface area contributed by atoms with E-state index in [0.29, 0.717) is 0 Å². The van der Waals surface area contributed by atoms with Crippen molar-refractivity contribution in [2.24, 2.45) is 0 Å². The molecule has 6 heteroatoms. The van der Waals surface area contributed by atoms with Crippen molar-refractivity contribution in [1.82, 2.24) is 9.88 Å². The lowest BCUT2D eigenvalue weighted by atomic mass is 10.1. The van der Waals surface area contributed by atoms with Gasteiger partial charge in [-0.3, -0.25) is 0 Å². The first kappa shape index (κ1) is 17.2. The number of likely N-dealkylation sites (tertiary alicyclic amines) is 1. The maximum Gasteiger partial charge on any atom is 0.208 e. The van der Waals surface area contributed by atoms with Crippen molar-refractivity contribution in [1.29, 1.82) is 0 Å². The molecule has 1 N–H and O–H groups in total. The summed E-state index contributed by atoms with van der Waals surface area (Å²) in [5, 5.41) is 0.718. The van der Waals surface area contributed by atoms with E-state index >= 15 is 0 Å². The van der Waals surface area contributed by atoms with Crippen molar-refractivity contribution < 1.29 is 12.8 Å². The molecule has 0 aliphatic carbocycles. The van der Waals surface area contributed by atoms with E-state index in [2.05, 4.69) is 9.88 Å². The van der Waals surface area contributed by atoms with Crippen LogP contribution < -0.4 is 0 Å². The first-order chi connectivity index (χ1) is 12.6. The standard InChI is InChI=1S/C20H21FN2O2S/c21-16-6-4-7-17(13-16)26(24,25)19-14-22-18-8-3-5-15(20(18)19)9-12-23-10-1-2-11-23/h3-8,13-14,22H,1-2,9-12H2. The summed E-state index contributed by atoms with van der Waals surface area (Å²) in [6.07, 6.45) is 4.77. The third-order valence-corrected chi connectivity index (χ3v) is 6.82. The fraction of sp³-hybridized carbons (Fsp3) is 0.300. The lowest BCUT2D eigenvalue weighted by molar-refractivity contribution is 0.344. The molecule has 0 saturated carbocycles. The Morgan fingerprint density at radius 2 is 1.85 bits per heavy atom. The van der Waals surface area contributed by atoms with Crippen LogP contribution in [0.5, 0.6) is 0 Å². The summed E-state index contributed by atoms with van der Waals surface area (Å²) in [5.41, 5.74) is 1.80. The molecule has 1 fully saturated rings. The Hall–Kier alpha value is -2.18. The summed E-state index contributed by atoms with van der Waals surface area (Å²) in [5.74, 6) is -0.555. The van der Waals surface area contributed by atoms with Crippen LogP contribution in [0.3, 0.4) is 0 Å². The zero-order valence-corrected chi connectivity index (χ0v) is 15.2. The highest BCUT2D eigenvalue weighted by Gasteiger charge is 2.24. The Balaban J connectivity index is 1.75. The Bertz CT molecular complexity index is 1040. The van der Waals surface area contributed by atoms with Crippen molar-refractivity contribution in [3.63, 3.8) is 0 Å². The number of nitrogens with zero attached hydrogens (tertiary/aromatic N) is 1. The number of aromatic nitrogens is 1. The normalized spacial score (nSPS) is 15.7. The predicted molar refractivity (Wildman–Crippen MR) is 99.5 cm³/mol. The largest absolute Gasteiger partial charge is 0.360 e. The highest BCUT2D eigenvalue weighted by Crippen LogP contribution is 2.31. The van der Waals surface area contributed by atoms with E-state index in [1.54, 1.807) is 0 Å². The SMILES string of the molecule is O=S(=O)(c1cccc(F)c1)c1c[nH]c2cccc(CCN3CCCC3)c12. The Labute approximate surface area is 152 Å². The molecule has 0 atom stereocenters. The third-order valence-electron chi connectivity index (χ3n) is 5.05. The van der Waals surface area contributed by atoms with Crippen molar-refractivity contribution in [3.05, 3.63) is 60.0 Å². The summed E-state index contributed by atoms with van der Waals surface area (Å²) >= 11 is 0. The molecule has 0 unspecified atom stereocenters. The minimum absolute atomic E-state index is 0.0206. The van der Waals surface area contributed by atoms with Gasteiger partial charge in [-0.25, -0.2) is 12.8 Å². The Kier molecular flexibility index (Phi) is 4.54. The molecule has 2 aromatic carbocycles. The van der Waals surface area contributed by atoms with E-state index in [0.717, 1.165) is 48.6 Å². The lowest BCUT2D eigenvalue weighted by Gasteiger charge is -2.15. The zero-order valence-electron chi connectivity index (χ0n) is 14.4. The Morgan fingerprint density at radius 1 is 1.08 bits per heavy atom. The molecule has 0 spiro atoms. The van der Waals surface area contributed by atoms with Crippen LogP contribution in [0.2, 0.25) is 0 Å². The molecule has 4 nitrogen and oxygen atoms in total. The van der Waals surface area contributed by atoms with Crippen LogP contribution in [0, 0.1) is 5.82 Å². The van der Waals surface area contributed by atoms with Gasteiger partial charge in [0.1, 0.15) is 5.82 Å². The van der Waals surface area contributed by atoms with Gasteiger partial charge in [-0.2, -0.15) is 0 Å². The number of hydrogen-bond donors (Lipinski definition) is 1. The van der Waals surface area contributed by atoms with Gasteiger partial charge in [0, 0.05) is 23.6 Å². The van der Waals surface area contributed by atoms with Crippen molar-refractivity contribution in [3.8, 4) is 0 Å². The minimum atomic E-state index is -3.79. The summed E-state index contributed by atoms with van der Waals surface area (Å²) in [4.78, 5) is 5.67. The second-order valence-corrected chi connectivity index (χ2v) is 8.67. The first-order valence-corrected chi connectivity index (χ1v) is 10.4. The van der Waals surface area contributed by atoms with Crippen LogP contribution in [-0.4, -0.2) is 37.9 Å². The molecular weight excluding hydrogens is 351 g/mol. The van der Waals surface area contributed by atoms with Gasteiger partial charge in [-0.1, -0.05) is 18.2 Å². The van der Waals surface area contributed by atoms with Crippen molar-refractivity contribution in [2.45, 2.75) is 29.1 Å². The Morgan fingerprint density at radius 3 is 2.62 bits per heavy atom. The van der Waals surface area contributed by atoms with Gasteiger partial charge in [0.05, 0.1) is 9.79 Å². The lowest BCUT2D eigenvalue weighted by Crippen LogP contribution is -2.22. The quantitative estimate of drug-likeness (QED) is 0.742. The third kappa shape index (κ3) is 3.15. The molecule has 1 aliphatic rings. The molecule has 1 aliphatic heterocycles. The first-order valence-electron chi connectivity index (χ1n) is 8.88. The van der Waals surface area contributed by atoms with Gasteiger partial charge in [0.2, 0.25) is 9.84 Å². The summed E-state index contributed by atoms with van der Waals surface area (Å²) < 4.78 is 39.7. The topological polar surface area (TPSA) is 53.2 Å². The number of rotatable bonds is 5. The maximum atomic E-state index is 13.5.